The Kier molecular flexibility index (Phi) is 4.59. The molecule has 29 heavy (non-hydrogen) atoms. The van der Waals surface area contributed by atoms with Crippen LogP contribution in [0.15, 0.2) is 47.4 Å². The Morgan fingerprint density at radius 1 is 1.10 bits per heavy atom. The van der Waals surface area contributed by atoms with Crippen LogP contribution in [0.5, 0.6) is 11.5 Å². The van der Waals surface area contributed by atoms with Crippen LogP contribution in [0, 0.1) is 0 Å². The number of carbonyl (C=O) groups excluding carboxylic acids is 1. The van der Waals surface area contributed by atoms with Crippen LogP contribution < -0.4 is 20.5 Å². The summed E-state index contributed by atoms with van der Waals surface area (Å²) in [5.74, 6) is 0.719. The summed E-state index contributed by atoms with van der Waals surface area (Å²) in [5.41, 5.74) is 6.69. The third kappa shape index (κ3) is 3.85. The molecule has 0 spiro atoms. The summed E-state index contributed by atoms with van der Waals surface area (Å²) in [4.78, 5) is 16.8. The first-order chi connectivity index (χ1) is 13.8. The molecule has 0 unspecified atom stereocenters. The molecule has 2 heterocycles. The number of hydrogen-bond acceptors (Lipinski definition) is 9. The predicted octanol–water partition coefficient (Wildman–Crippen LogP) is 1.47. The van der Waals surface area contributed by atoms with Crippen LogP contribution in [0.4, 0.5) is 17.6 Å². The van der Waals surface area contributed by atoms with Crippen molar-refractivity contribution < 1.29 is 22.7 Å². The average molecular weight is 415 g/mol. The minimum atomic E-state index is -3.36. The van der Waals surface area contributed by atoms with Gasteiger partial charge in [-0.25, -0.2) is 8.42 Å². The lowest BCUT2D eigenvalue weighted by molar-refractivity contribution is 0.0948. The van der Waals surface area contributed by atoms with Crippen LogP contribution in [-0.2, 0) is 9.84 Å². The van der Waals surface area contributed by atoms with Crippen molar-refractivity contribution in [1.82, 2.24) is 14.8 Å². The molecular weight excluding hydrogens is 398 g/mol. The first-order valence-electron chi connectivity index (χ1n) is 8.55. The zero-order chi connectivity index (χ0) is 20.6. The number of nitrogens with two attached hydrogens (primary N) is 1. The van der Waals surface area contributed by atoms with Gasteiger partial charge in [0.2, 0.25) is 11.9 Å². The van der Waals surface area contributed by atoms with Crippen molar-refractivity contribution in [2.45, 2.75) is 4.90 Å². The van der Waals surface area contributed by atoms with Crippen molar-refractivity contribution in [3.05, 3.63) is 48.0 Å². The number of ether oxygens (including phenoxy) is 2. The van der Waals surface area contributed by atoms with E-state index in [1.807, 2.05) is 0 Å². The number of aromatic nitrogens is 3. The van der Waals surface area contributed by atoms with E-state index in [1.54, 1.807) is 18.2 Å². The SMILES string of the molecule is CS(=O)(=O)c1ccc(C(=O)n2nc(Nc3ccc4c(c3)OCCO4)nc2N)cc1. The quantitative estimate of drug-likeness (QED) is 0.648. The smallest absolute Gasteiger partial charge is 0.281 e. The monoisotopic (exact) mass is 415 g/mol. The molecule has 3 N–H and O–H groups in total. The minimum absolute atomic E-state index is 0.109. The lowest BCUT2D eigenvalue weighted by atomic mass is 10.2. The predicted molar refractivity (Wildman–Crippen MR) is 104 cm³/mol. The standard InChI is InChI=1S/C18H17N5O5S/c1-29(25,26)13-5-2-11(3-6-13)16(24)23-17(19)21-18(22-23)20-12-4-7-14-15(10-12)28-9-8-27-14/h2-7,10H,8-9H2,1H3,(H3,19,20,21,22). The van der Waals surface area contributed by atoms with Crippen LogP contribution in [-0.4, -0.2) is 48.6 Å². The number of rotatable bonds is 4. The van der Waals surface area contributed by atoms with Crippen molar-refractivity contribution in [3.8, 4) is 11.5 Å². The third-order valence-corrected chi connectivity index (χ3v) is 5.28. The summed E-state index contributed by atoms with van der Waals surface area (Å²) in [6.45, 7) is 0.957. The van der Waals surface area contributed by atoms with Gasteiger partial charge < -0.3 is 20.5 Å². The van der Waals surface area contributed by atoms with Gasteiger partial charge in [0.1, 0.15) is 13.2 Å². The molecule has 0 aliphatic carbocycles. The van der Waals surface area contributed by atoms with E-state index >= 15 is 0 Å². The number of hydrogen-bond donors (Lipinski definition) is 2. The molecule has 1 aliphatic rings. The second-order valence-electron chi connectivity index (χ2n) is 6.29. The van der Waals surface area contributed by atoms with Gasteiger partial charge in [-0.2, -0.15) is 9.67 Å². The molecule has 0 fully saturated rings. The average Bonchev–Trinajstić information content (AvgIpc) is 3.06. The second kappa shape index (κ2) is 7.09. The molecule has 2 aromatic carbocycles. The molecule has 0 bridgehead atoms. The second-order valence-corrected chi connectivity index (χ2v) is 8.31. The van der Waals surface area contributed by atoms with Gasteiger partial charge >= 0.3 is 0 Å². The molecule has 0 saturated heterocycles. The molecule has 10 nitrogen and oxygen atoms in total. The largest absolute Gasteiger partial charge is 0.486 e. The number of nitrogen functional groups attached to an aromatic ring is 1. The van der Waals surface area contributed by atoms with Crippen molar-refractivity contribution >= 4 is 33.3 Å². The Morgan fingerprint density at radius 3 is 2.48 bits per heavy atom. The molecular formula is C18H17N5O5S. The van der Waals surface area contributed by atoms with E-state index in [9.17, 15) is 13.2 Å². The Balaban J connectivity index is 1.55. The molecule has 0 saturated carbocycles. The minimum Gasteiger partial charge on any atom is -0.486 e. The lowest BCUT2D eigenvalue weighted by Gasteiger charge is -2.18. The third-order valence-electron chi connectivity index (χ3n) is 4.15. The molecule has 4 rings (SSSR count). The Bertz CT molecular complexity index is 1190. The summed E-state index contributed by atoms with van der Waals surface area (Å²) in [6.07, 6.45) is 1.09. The van der Waals surface area contributed by atoms with E-state index in [0.717, 1.165) is 10.9 Å². The zero-order valence-corrected chi connectivity index (χ0v) is 16.1. The fraction of sp³-hybridized carbons (Fsp3) is 0.167. The molecule has 0 radical (unpaired) electrons. The summed E-state index contributed by atoms with van der Waals surface area (Å²) >= 11 is 0. The number of benzene rings is 2. The van der Waals surface area contributed by atoms with Crippen LogP contribution in [0.1, 0.15) is 10.4 Å². The maximum Gasteiger partial charge on any atom is 0.281 e. The Labute approximate surface area is 166 Å². The summed E-state index contributed by atoms with van der Waals surface area (Å²) < 4.78 is 35.0. The van der Waals surface area contributed by atoms with Gasteiger partial charge in [-0.15, -0.1) is 5.10 Å². The Hall–Kier alpha value is -3.60. The van der Waals surface area contributed by atoms with E-state index in [2.05, 4.69) is 15.4 Å². The van der Waals surface area contributed by atoms with Gasteiger partial charge in [-0.1, -0.05) is 0 Å². The summed E-state index contributed by atoms with van der Waals surface area (Å²) in [5, 5.41) is 7.05. The molecule has 0 amide bonds. The van der Waals surface area contributed by atoms with Crippen molar-refractivity contribution in [2.75, 3.05) is 30.5 Å². The van der Waals surface area contributed by atoms with E-state index < -0.39 is 15.7 Å². The number of fused-ring (bicyclic) bond motifs is 1. The highest BCUT2D eigenvalue weighted by atomic mass is 32.2. The van der Waals surface area contributed by atoms with Gasteiger partial charge in [0, 0.05) is 23.6 Å². The number of nitrogens with zero attached hydrogens (tertiary/aromatic N) is 3. The number of sulfone groups is 1. The lowest BCUT2D eigenvalue weighted by Crippen LogP contribution is -2.16. The van der Waals surface area contributed by atoms with Gasteiger partial charge in [-0.05, 0) is 36.4 Å². The highest BCUT2D eigenvalue weighted by Gasteiger charge is 2.18. The fourth-order valence-corrected chi connectivity index (χ4v) is 3.37. The van der Waals surface area contributed by atoms with E-state index in [4.69, 9.17) is 15.2 Å². The Morgan fingerprint density at radius 2 is 1.79 bits per heavy atom. The van der Waals surface area contributed by atoms with Gasteiger partial charge in [-0.3, -0.25) is 4.79 Å². The number of anilines is 3. The zero-order valence-electron chi connectivity index (χ0n) is 15.3. The first-order valence-corrected chi connectivity index (χ1v) is 10.4. The van der Waals surface area contributed by atoms with Crippen LogP contribution >= 0.6 is 0 Å². The van der Waals surface area contributed by atoms with E-state index in [0.29, 0.717) is 30.4 Å². The van der Waals surface area contributed by atoms with Crippen LogP contribution in [0.2, 0.25) is 0 Å². The normalized spacial score (nSPS) is 13.1. The van der Waals surface area contributed by atoms with E-state index in [-0.39, 0.29) is 22.4 Å². The topological polar surface area (TPSA) is 138 Å². The van der Waals surface area contributed by atoms with Crippen molar-refractivity contribution in [2.24, 2.45) is 0 Å². The van der Waals surface area contributed by atoms with Gasteiger partial charge in [0.25, 0.3) is 5.91 Å². The van der Waals surface area contributed by atoms with Crippen molar-refractivity contribution in [3.63, 3.8) is 0 Å². The maximum absolute atomic E-state index is 12.7. The first kappa shape index (κ1) is 18.7. The molecule has 150 valence electrons. The van der Waals surface area contributed by atoms with Crippen LogP contribution in [0.3, 0.4) is 0 Å². The highest BCUT2D eigenvalue weighted by molar-refractivity contribution is 7.90. The number of nitrogens with one attached hydrogen (secondary N) is 1. The molecule has 0 atom stereocenters. The van der Waals surface area contributed by atoms with E-state index in [1.165, 1.54) is 24.3 Å². The van der Waals surface area contributed by atoms with Gasteiger partial charge in [0.15, 0.2) is 21.3 Å². The molecule has 3 aromatic rings. The van der Waals surface area contributed by atoms with Gasteiger partial charge in [0.05, 0.1) is 4.90 Å². The molecule has 1 aliphatic heterocycles. The molecule has 11 heteroatoms. The van der Waals surface area contributed by atoms with Crippen molar-refractivity contribution in [1.29, 1.82) is 0 Å². The summed E-state index contributed by atoms with van der Waals surface area (Å²) in [7, 11) is -3.36. The maximum atomic E-state index is 12.7. The summed E-state index contributed by atoms with van der Waals surface area (Å²) in [6, 6.07) is 10.7. The molecule has 1 aromatic heterocycles. The fourth-order valence-electron chi connectivity index (χ4n) is 2.74. The highest BCUT2D eigenvalue weighted by Crippen LogP contribution is 2.33. The number of carbonyl (C=O) groups is 1. The van der Waals surface area contributed by atoms with Crippen LogP contribution in [0.25, 0.3) is 0 Å².